The monoisotopic (exact) mass is 300 g/mol. The van der Waals surface area contributed by atoms with Crippen molar-refractivity contribution in [1.82, 2.24) is 0 Å². The topological polar surface area (TPSA) is 64.3 Å². The molecule has 21 heavy (non-hydrogen) atoms. The predicted molar refractivity (Wildman–Crippen MR) is 70.9 cm³/mol. The fourth-order valence-electron chi connectivity index (χ4n) is 1.93. The smallest absolute Gasteiger partial charge is 0.416 e. The van der Waals surface area contributed by atoms with Crippen molar-refractivity contribution in [2.75, 3.05) is 11.4 Å². The van der Waals surface area contributed by atoms with E-state index in [0.717, 1.165) is 12.1 Å². The van der Waals surface area contributed by atoms with E-state index in [0.29, 0.717) is 5.69 Å². The average Bonchev–Trinajstić information content (AvgIpc) is 2.37. The first-order valence-electron chi connectivity index (χ1n) is 6.26. The largest absolute Gasteiger partial charge is 0.481 e. The normalized spacial score (nSPS) is 11.3. The fourth-order valence-corrected chi connectivity index (χ4v) is 1.93. The van der Waals surface area contributed by atoms with Gasteiger partial charge in [0.2, 0.25) is 0 Å². The molecule has 0 saturated carbocycles. The number of carboxylic acid groups (broad SMARTS) is 1. The maximum absolute atomic E-state index is 12.6. The van der Waals surface area contributed by atoms with Gasteiger partial charge in [0.15, 0.2) is 0 Å². The molecule has 0 aliphatic carbocycles. The predicted octanol–water partition coefficient (Wildman–Crippen LogP) is 3.27. The number of carbonyl (C=O) groups is 1. The first-order chi connectivity index (χ1) is 9.66. The zero-order valence-electron chi connectivity index (χ0n) is 11.6. The molecule has 1 rings (SSSR count). The lowest BCUT2D eigenvalue weighted by molar-refractivity contribution is -0.138. The summed E-state index contributed by atoms with van der Waals surface area (Å²) in [6.07, 6.45) is -4.68. The molecule has 4 nitrogen and oxygen atoms in total. The standard InChI is InChI=1S/C14H15F3N2O2/c1-9(2)19(6-5-13(20)21)12-4-3-11(14(15,16)17)7-10(12)8-18/h3-4,7,9H,5-6H2,1-2H3,(H,20,21). The van der Waals surface area contributed by atoms with Crippen molar-refractivity contribution in [3.63, 3.8) is 0 Å². The molecule has 1 aromatic carbocycles. The van der Waals surface area contributed by atoms with Crippen molar-refractivity contribution in [3.05, 3.63) is 29.3 Å². The molecule has 1 N–H and O–H groups in total. The van der Waals surface area contributed by atoms with Crippen molar-refractivity contribution in [3.8, 4) is 6.07 Å². The van der Waals surface area contributed by atoms with E-state index in [1.807, 2.05) is 0 Å². The summed E-state index contributed by atoms with van der Waals surface area (Å²) in [5, 5.41) is 17.8. The Morgan fingerprint density at radius 3 is 2.48 bits per heavy atom. The van der Waals surface area contributed by atoms with Gasteiger partial charge in [0, 0.05) is 12.6 Å². The molecular weight excluding hydrogens is 285 g/mol. The van der Waals surface area contributed by atoms with Gasteiger partial charge < -0.3 is 10.0 Å². The Morgan fingerprint density at radius 2 is 2.05 bits per heavy atom. The van der Waals surface area contributed by atoms with E-state index >= 15 is 0 Å². The van der Waals surface area contributed by atoms with Crippen LogP contribution in [0.15, 0.2) is 18.2 Å². The van der Waals surface area contributed by atoms with Gasteiger partial charge in [0.1, 0.15) is 6.07 Å². The summed E-state index contributed by atoms with van der Waals surface area (Å²) in [5.74, 6) is -1.01. The second kappa shape index (κ2) is 6.48. The lowest BCUT2D eigenvalue weighted by Gasteiger charge is -2.29. The summed E-state index contributed by atoms with van der Waals surface area (Å²) >= 11 is 0. The van der Waals surface area contributed by atoms with Crippen LogP contribution in [0.4, 0.5) is 18.9 Å². The van der Waals surface area contributed by atoms with Crippen LogP contribution >= 0.6 is 0 Å². The number of rotatable bonds is 5. The van der Waals surface area contributed by atoms with E-state index in [1.165, 1.54) is 6.07 Å². The Bertz CT molecular complexity index is 562. The molecule has 0 aliphatic heterocycles. The van der Waals surface area contributed by atoms with E-state index in [9.17, 15) is 18.0 Å². The maximum Gasteiger partial charge on any atom is 0.416 e. The SMILES string of the molecule is CC(C)N(CCC(=O)O)c1ccc(C(F)(F)F)cc1C#N. The van der Waals surface area contributed by atoms with Crippen LogP contribution in [-0.2, 0) is 11.0 Å². The molecule has 0 aliphatic rings. The lowest BCUT2D eigenvalue weighted by atomic mass is 10.1. The first kappa shape index (κ1) is 16.8. The number of nitriles is 1. The fraction of sp³-hybridized carbons (Fsp3) is 0.429. The molecule has 1 aromatic rings. The number of hydrogen-bond acceptors (Lipinski definition) is 3. The van der Waals surface area contributed by atoms with Crippen molar-refractivity contribution < 1.29 is 23.1 Å². The van der Waals surface area contributed by atoms with Crippen molar-refractivity contribution in [2.45, 2.75) is 32.5 Å². The third-order valence-corrected chi connectivity index (χ3v) is 2.94. The van der Waals surface area contributed by atoms with Crippen molar-refractivity contribution >= 4 is 11.7 Å². The number of benzene rings is 1. The molecule has 0 unspecified atom stereocenters. The summed E-state index contributed by atoms with van der Waals surface area (Å²) in [6.45, 7) is 3.67. The number of alkyl halides is 3. The van der Waals surface area contributed by atoms with Crippen LogP contribution in [0.1, 0.15) is 31.4 Å². The molecule has 0 saturated heterocycles. The minimum Gasteiger partial charge on any atom is -0.481 e. The number of carboxylic acids is 1. The van der Waals surface area contributed by atoms with E-state index < -0.39 is 17.7 Å². The highest BCUT2D eigenvalue weighted by Gasteiger charge is 2.31. The van der Waals surface area contributed by atoms with Gasteiger partial charge >= 0.3 is 12.1 Å². The van der Waals surface area contributed by atoms with Gasteiger partial charge in [-0.3, -0.25) is 4.79 Å². The van der Waals surface area contributed by atoms with E-state index in [-0.39, 0.29) is 24.6 Å². The van der Waals surface area contributed by atoms with Gasteiger partial charge in [-0.1, -0.05) is 0 Å². The Kier molecular flexibility index (Phi) is 5.19. The zero-order chi connectivity index (χ0) is 16.2. The quantitative estimate of drug-likeness (QED) is 0.906. The van der Waals surface area contributed by atoms with Crippen molar-refractivity contribution in [1.29, 1.82) is 5.26 Å². The van der Waals surface area contributed by atoms with Crippen LogP contribution in [0, 0.1) is 11.3 Å². The van der Waals surface area contributed by atoms with Gasteiger partial charge in [-0.05, 0) is 32.0 Å². The Labute approximate surface area is 120 Å². The summed E-state index contributed by atoms with van der Waals surface area (Å²) in [4.78, 5) is 12.3. The number of halogens is 3. The molecular formula is C14H15F3N2O2. The average molecular weight is 300 g/mol. The van der Waals surface area contributed by atoms with Crippen LogP contribution in [0.25, 0.3) is 0 Å². The molecule has 0 fully saturated rings. The third kappa shape index (κ3) is 4.38. The van der Waals surface area contributed by atoms with Crippen LogP contribution in [0.3, 0.4) is 0 Å². The molecule has 0 amide bonds. The minimum absolute atomic E-state index is 0.118. The third-order valence-electron chi connectivity index (χ3n) is 2.94. The van der Waals surface area contributed by atoms with E-state index in [1.54, 1.807) is 24.8 Å². The minimum atomic E-state index is -4.52. The Balaban J connectivity index is 3.20. The summed E-state index contributed by atoms with van der Waals surface area (Å²) < 4.78 is 37.9. The lowest BCUT2D eigenvalue weighted by Crippen LogP contribution is -2.33. The Hall–Kier alpha value is -2.23. The van der Waals surface area contributed by atoms with Gasteiger partial charge in [-0.15, -0.1) is 0 Å². The highest BCUT2D eigenvalue weighted by atomic mass is 19.4. The van der Waals surface area contributed by atoms with E-state index in [2.05, 4.69) is 0 Å². The van der Waals surface area contributed by atoms with Gasteiger partial charge in [0.05, 0.1) is 23.2 Å². The second-order valence-electron chi connectivity index (χ2n) is 4.77. The number of anilines is 1. The summed E-state index contributed by atoms with van der Waals surface area (Å²) in [5.41, 5.74) is -0.713. The number of nitrogens with zero attached hydrogens (tertiary/aromatic N) is 2. The van der Waals surface area contributed by atoms with Gasteiger partial charge in [-0.25, -0.2) is 0 Å². The maximum atomic E-state index is 12.6. The van der Waals surface area contributed by atoms with Gasteiger partial charge in [0.25, 0.3) is 0 Å². The highest BCUT2D eigenvalue weighted by molar-refractivity contribution is 5.68. The Morgan fingerprint density at radius 1 is 1.43 bits per heavy atom. The van der Waals surface area contributed by atoms with Crippen LogP contribution in [0.2, 0.25) is 0 Å². The van der Waals surface area contributed by atoms with E-state index in [4.69, 9.17) is 10.4 Å². The van der Waals surface area contributed by atoms with Gasteiger partial charge in [-0.2, -0.15) is 18.4 Å². The molecule has 0 atom stereocenters. The molecule has 114 valence electrons. The summed E-state index contributed by atoms with van der Waals surface area (Å²) in [6, 6.07) is 4.49. The molecule has 0 radical (unpaired) electrons. The first-order valence-corrected chi connectivity index (χ1v) is 6.26. The number of hydrogen-bond donors (Lipinski definition) is 1. The van der Waals surface area contributed by atoms with Crippen LogP contribution in [-0.4, -0.2) is 23.7 Å². The molecule has 0 bridgehead atoms. The van der Waals surface area contributed by atoms with Crippen molar-refractivity contribution in [2.24, 2.45) is 0 Å². The number of aliphatic carboxylic acids is 1. The molecule has 0 spiro atoms. The molecule has 7 heteroatoms. The zero-order valence-corrected chi connectivity index (χ0v) is 11.6. The highest BCUT2D eigenvalue weighted by Crippen LogP contribution is 2.33. The van der Waals surface area contributed by atoms with Crippen LogP contribution in [0.5, 0.6) is 0 Å². The molecule has 0 heterocycles. The molecule has 0 aromatic heterocycles. The second-order valence-corrected chi connectivity index (χ2v) is 4.77. The van der Waals surface area contributed by atoms with Crippen LogP contribution < -0.4 is 4.90 Å². The summed E-state index contributed by atoms with van der Waals surface area (Å²) in [7, 11) is 0.